The number of methoxy groups -OCH3 is 2. The second kappa shape index (κ2) is 15.7. The molecule has 0 atom stereocenters. The molecule has 0 N–H and O–H groups in total. The van der Waals surface area contributed by atoms with Crippen molar-refractivity contribution >= 4 is 34.1 Å². The lowest BCUT2D eigenvalue weighted by molar-refractivity contribution is 0.415. The van der Waals surface area contributed by atoms with Gasteiger partial charge in [-0.25, -0.2) is 0 Å². The van der Waals surface area contributed by atoms with Gasteiger partial charge in [-0.05, 0) is 130 Å². The Hall–Kier alpha value is -7.04. The third-order valence-electron chi connectivity index (χ3n) is 9.71. The molecule has 0 spiro atoms. The van der Waals surface area contributed by atoms with Crippen molar-refractivity contribution in [3.05, 3.63) is 206 Å². The SMILES string of the molecule is COc1ccc(-c2ccc(N(c3ccccc3)c3ccc(-c4ccc(N(c5ccccc5)c5ccc(-c6ccc(OC)cc6)cc5)cc4)cc3)cc2)cc1. The summed E-state index contributed by atoms with van der Waals surface area (Å²) in [7, 11) is 3.38. The van der Waals surface area contributed by atoms with Gasteiger partial charge in [0.2, 0.25) is 0 Å². The average Bonchev–Trinajstić information content (AvgIpc) is 3.26. The van der Waals surface area contributed by atoms with Crippen molar-refractivity contribution in [1.82, 2.24) is 0 Å². The molecule has 8 aromatic carbocycles. The highest BCUT2D eigenvalue weighted by Crippen LogP contribution is 2.39. The zero-order valence-corrected chi connectivity index (χ0v) is 30.3. The van der Waals surface area contributed by atoms with Crippen LogP contribution in [0.25, 0.3) is 33.4 Å². The summed E-state index contributed by atoms with van der Waals surface area (Å²) in [5, 5.41) is 0. The van der Waals surface area contributed by atoms with Gasteiger partial charge in [0.15, 0.2) is 0 Å². The van der Waals surface area contributed by atoms with Gasteiger partial charge >= 0.3 is 0 Å². The van der Waals surface area contributed by atoms with Gasteiger partial charge in [0.25, 0.3) is 0 Å². The number of rotatable bonds is 11. The first kappa shape index (κ1) is 34.1. The summed E-state index contributed by atoms with van der Waals surface area (Å²) in [5.74, 6) is 1.71. The van der Waals surface area contributed by atoms with E-state index in [1.54, 1.807) is 14.2 Å². The van der Waals surface area contributed by atoms with E-state index in [0.29, 0.717) is 0 Å². The summed E-state index contributed by atoms with van der Waals surface area (Å²) in [6, 6.07) is 72.5. The zero-order valence-electron chi connectivity index (χ0n) is 30.3. The van der Waals surface area contributed by atoms with Crippen LogP contribution in [0.3, 0.4) is 0 Å². The summed E-state index contributed by atoms with van der Waals surface area (Å²) < 4.78 is 10.7. The van der Waals surface area contributed by atoms with Gasteiger partial charge in [0.05, 0.1) is 14.2 Å². The molecular weight excluding hydrogens is 661 g/mol. The third-order valence-corrected chi connectivity index (χ3v) is 9.71. The van der Waals surface area contributed by atoms with Crippen LogP contribution in [-0.4, -0.2) is 14.2 Å². The minimum absolute atomic E-state index is 0.853. The Kier molecular flexibility index (Phi) is 9.90. The predicted molar refractivity (Wildman–Crippen MR) is 225 cm³/mol. The maximum Gasteiger partial charge on any atom is 0.118 e. The predicted octanol–water partition coefficient (Wildman–Crippen LogP) is 13.6. The second-order valence-corrected chi connectivity index (χ2v) is 13.0. The van der Waals surface area contributed by atoms with E-state index >= 15 is 0 Å². The normalized spacial score (nSPS) is 10.8. The maximum absolute atomic E-state index is 5.35. The van der Waals surface area contributed by atoms with Crippen LogP contribution >= 0.6 is 0 Å². The van der Waals surface area contributed by atoms with E-state index in [1.165, 1.54) is 0 Å². The van der Waals surface area contributed by atoms with Crippen LogP contribution in [0.15, 0.2) is 206 Å². The minimum Gasteiger partial charge on any atom is -0.497 e. The van der Waals surface area contributed by atoms with Crippen molar-refractivity contribution in [2.75, 3.05) is 24.0 Å². The van der Waals surface area contributed by atoms with Crippen LogP contribution in [0.1, 0.15) is 0 Å². The highest BCUT2D eigenvalue weighted by Gasteiger charge is 2.15. The van der Waals surface area contributed by atoms with Gasteiger partial charge in [-0.15, -0.1) is 0 Å². The fourth-order valence-corrected chi connectivity index (χ4v) is 6.83. The molecule has 0 saturated heterocycles. The number of para-hydroxylation sites is 2. The molecule has 4 heteroatoms. The molecule has 4 nitrogen and oxygen atoms in total. The number of hydrogen-bond acceptors (Lipinski definition) is 4. The van der Waals surface area contributed by atoms with Crippen molar-refractivity contribution in [3.8, 4) is 44.9 Å². The molecule has 0 unspecified atom stereocenters. The highest BCUT2D eigenvalue weighted by molar-refractivity contribution is 5.82. The first-order valence-corrected chi connectivity index (χ1v) is 18.1. The van der Waals surface area contributed by atoms with Crippen LogP contribution in [0.5, 0.6) is 11.5 Å². The van der Waals surface area contributed by atoms with Crippen molar-refractivity contribution < 1.29 is 9.47 Å². The molecule has 0 aromatic heterocycles. The summed E-state index contributed by atoms with van der Waals surface area (Å²) in [4.78, 5) is 4.59. The van der Waals surface area contributed by atoms with E-state index in [1.807, 2.05) is 24.3 Å². The molecule has 0 aliphatic carbocycles. The van der Waals surface area contributed by atoms with Crippen LogP contribution in [0.4, 0.5) is 34.1 Å². The number of hydrogen-bond donors (Lipinski definition) is 0. The molecule has 0 radical (unpaired) electrons. The van der Waals surface area contributed by atoms with E-state index in [-0.39, 0.29) is 0 Å². The van der Waals surface area contributed by atoms with E-state index in [4.69, 9.17) is 9.47 Å². The fourth-order valence-electron chi connectivity index (χ4n) is 6.83. The second-order valence-electron chi connectivity index (χ2n) is 13.0. The first-order valence-electron chi connectivity index (χ1n) is 18.1. The molecule has 0 heterocycles. The number of anilines is 6. The Bertz CT molecular complexity index is 2220. The van der Waals surface area contributed by atoms with Gasteiger partial charge in [-0.2, -0.15) is 0 Å². The van der Waals surface area contributed by atoms with E-state index in [2.05, 4.69) is 192 Å². The van der Waals surface area contributed by atoms with E-state index in [9.17, 15) is 0 Å². The average molecular weight is 701 g/mol. The van der Waals surface area contributed by atoms with Crippen LogP contribution in [0, 0.1) is 0 Å². The summed E-state index contributed by atoms with van der Waals surface area (Å²) in [6.07, 6.45) is 0. The van der Waals surface area contributed by atoms with Gasteiger partial charge in [0.1, 0.15) is 11.5 Å². The number of ether oxygens (including phenoxy) is 2. The van der Waals surface area contributed by atoms with Crippen molar-refractivity contribution in [3.63, 3.8) is 0 Å². The summed E-state index contributed by atoms with van der Waals surface area (Å²) >= 11 is 0. The monoisotopic (exact) mass is 700 g/mol. The Balaban J connectivity index is 1.05. The highest BCUT2D eigenvalue weighted by atomic mass is 16.5. The van der Waals surface area contributed by atoms with Gasteiger partial charge in [-0.3, -0.25) is 0 Å². The molecule has 0 saturated carbocycles. The zero-order chi connectivity index (χ0) is 36.7. The molecular formula is C50H40N2O2. The molecule has 54 heavy (non-hydrogen) atoms. The standard InChI is InChI=1S/C50H40N2O2/c1-53-49-33-21-41(22-34-49)39-17-29-47(30-18-39)51(43-9-5-3-6-10-43)45-25-13-37(14-26-45)38-15-27-46(28-16-38)52(44-11-7-4-8-12-44)48-31-19-40(20-32-48)42-23-35-50(54-2)36-24-42/h3-36H,1-2H3. The van der Waals surface area contributed by atoms with Gasteiger partial charge in [-0.1, -0.05) is 109 Å². The molecule has 8 aromatic rings. The van der Waals surface area contributed by atoms with Crippen molar-refractivity contribution in [2.24, 2.45) is 0 Å². The Labute approximate surface area is 317 Å². The number of benzene rings is 8. The Morgan fingerprint density at radius 2 is 0.444 bits per heavy atom. The Morgan fingerprint density at radius 3 is 0.667 bits per heavy atom. The lowest BCUT2D eigenvalue weighted by Crippen LogP contribution is -2.10. The van der Waals surface area contributed by atoms with Crippen molar-refractivity contribution in [2.45, 2.75) is 0 Å². The lowest BCUT2D eigenvalue weighted by Gasteiger charge is -2.26. The molecule has 262 valence electrons. The molecule has 0 fully saturated rings. The topological polar surface area (TPSA) is 24.9 Å². The molecule has 0 aliphatic rings. The minimum atomic E-state index is 0.853. The molecule has 0 aliphatic heterocycles. The van der Waals surface area contributed by atoms with E-state index < -0.39 is 0 Å². The van der Waals surface area contributed by atoms with E-state index in [0.717, 1.165) is 79.0 Å². The van der Waals surface area contributed by atoms with Crippen LogP contribution in [0.2, 0.25) is 0 Å². The largest absolute Gasteiger partial charge is 0.497 e. The lowest BCUT2D eigenvalue weighted by atomic mass is 10.0. The van der Waals surface area contributed by atoms with Gasteiger partial charge < -0.3 is 19.3 Å². The molecule has 0 bridgehead atoms. The summed E-state index contributed by atoms with van der Waals surface area (Å²) in [6.45, 7) is 0. The maximum atomic E-state index is 5.35. The smallest absolute Gasteiger partial charge is 0.118 e. The summed E-state index contributed by atoms with van der Waals surface area (Å²) in [5.41, 5.74) is 13.5. The third kappa shape index (κ3) is 7.32. The van der Waals surface area contributed by atoms with Gasteiger partial charge in [0, 0.05) is 34.1 Å². The first-order chi connectivity index (χ1) is 26.7. The number of nitrogens with zero attached hydrogens (tertiary/aromatic N) is 2. The van der Waals surface area contributed by atoms with Crippen LogP contribution in [-0.2, 0) is 0 Å². The van der Waals surface area contributed by atoms with Crippen LogP contribution < -0.4 is 19.3 Å². The van der Waals surface area contributed by atoms with Crippen molar-refractivity contribution in [1.29, 1.82) is 0 Å². The quantitative estimate of drug-likeness (QED) is 0.134. The Morgan fingerprint density at radius 1 is 0.241 bits per heavy atom. The fraction of sp³-hybridized carbons (Fsp3) is 0.0400. The molecule has 8 rings (SSSR count). The molecule has 0 amide bonds.